The van der Waals surface area contributed by atoms with Gasteiger partial charge in [-0.25, -0.2) is 9.48 Å². The third-order valence-corrected chi connectivity index (χ3v) is 4.54. The van der Waals surface area contributed by atoms with E-state index in [2.05, 4.69) is 18.9 Å². The number of nitrogens with zero attached hydrogens (tertiary/aromatic N) is 2. The first-order valence-electron chi connectivity index (χ1n) is 9.38. The fourth-order valence-electron chi connectivity index (χ4n) is 3.32. The second-order valence-electron chi connectivity index (χ2n) is 7.22. The van der Waals surface area contributed by atoms with Gasteiger partial charge < -0.3 is 19.1 Å². The topological polar surface area (TPSA) is 67.0 Å². The van der Waals surface area contributed by atoms with Crippen molar-refractivity contribution in [2.75, 3.05) is 40.0 Å². The molecule has 0 spiro atoms. The summed E-state index contributed by atoms with van der Waals surface area (Å²) in [5, 5.41) is 4.34. The zero-order valence-electron chi connectivity index (χ0n) is 16.2. The number of hydrogen-bond donors (Lipinski definition) is 1. The van der Waals surface area contributed by atoms with Gasteiger partial charge in [-0.05, 0) is 12.1 Å². The molecule has 7 heteroatoms. The summed E-state index contributed by atoms with van der Waals surface area (Å²) in [4.78, 5) is 14.0. The van der Waals surface area contributed by atoms with E-state index in [1.165, 1.54) is 12.0 Å². The lowest BCUT2D eigenvalue weighted by molar-refractivity contribution is -0.914. The molecule has 0 radical (unpaired) electrons. The number of ether oxygens (including phenoxy) is 3. The van der Waals surface area contributed by atoms with Gasteiger partial charge in [-0.3, -0.25) is 0 Å². The molecule has 3 rings (SSSR count). The molecule has 1 aromatic heterocycles. The lowest BCUT2D eigenvalue weighted by Gasteiger charge is -2.30. The zero-order chi connectivity index (χ0) is 19.2. The quantitative estimate of drug-likeness (QED) is 0.732. The van der Waals surface area contributed by atoms with Crippen LogP contribution in [-0.4, -0.2) is 61.8 Å². The molecular weight excluding hydrogens is 346 g/mol. The van der Waals surface area contributed by atoms with Crippen LogP contribution in [-0.2, 0) is 9.47 Å². The number of nitrogens with one attached hydrogen (secondary N) is 1. The zero-order valence-corrected chi connectivity index (χ0v) is 16.2. The van der Waals surface area contributed by atoms with E-state index in [1.54, 1.807) is 10.9 Å². The highest BCUT2D eigenvalue weighted by molar-refractivity contribution is 5.90. The number of quaternary nitrogens is 1. The standard InChI is InChI=1S/C20H27N3O4/c1-15(2)11-22-9-10-26-17(12-22)14-27-20(24)19-18(25-3)13-23(21-19)16-7-5-4-6-8-16/h4-8,13,15,17H,9-12,14H2,1-3H3/p+1/t17-/m1/s1. The maximum absolute atomic E-state index is 12.5. The molecule has 1 N–H and O–H groups in total. The van der Waals surface area contributed by atoms with Gasteiger partial charge in [0.05, 0.1) is 32.1 Å². The van der Waals surface area contributed by atoms with Crippen LogP contribution in [0.3, 0.4) is 0 Å². The lowest BCUT2D eigenvalue weighted by Crippen LogP contribution is -3.15. The fourth-order valence-corrected chi connectivity index (χ4v) is 3.32. The van der Waals surface area contributed by atoms with E-state index in [9.17, 15) is 4.79 Å². The maximum atomic E-state index is 12.5. The molecule has 0 amide bonds. The number of esters is 1. The van der Waals surface area contributed by atoms with Gasteiger partial charge in [-0.1, -0.05) is 32.0 Å². The Kier molecular flexibility index (Phi) is 6.47. The second-order valence-corrected chi connectivity index (χ2v) is 7.22. The van der Waals surface area contributed by atoms with Crippen LogP contribution < -0.4 is 9.64 Å². The third-order valence-electron chi connectivity index (χ3n) is 4.54. The summed E-state index contributed by atoms with van der Waals surface area (Å²) in [6.45, 7) is 8.29. The lowest BCUT2D eigenvalue weighted by atomic mass is 10.2. The van der Waals surface area contributed by atoms with Crippen LogP contribution >= 0.6 is 0 Å². The van der Waals surface area contributed by atoms with E-state index in [0.717, 1.165) is 25.3 Å². The molecule has 2 heterocycles. The number of para-hydroxylation sites is 1. The van der Waals surface area contributed by atoms with Crippen molar-refractivity contribution in [2.45, 2.75) is 20.0 Å². The van der Waals surface area contributed by atoms with Crippen LogP contribution in [0.25, 0.3) is 5.69 Å². The average Bonchev–Trinajstić information content (AvgIpc) is 3.11. The summed E-state index contributed by atoms with van der Waals surface area (Å²) in [7, 11) is 1.51. The van der Waals surface area contributed by atoms with Gasteiger partial charge in [-0.2, -0.15) is 5.10 Å². The molecule has 0 bridgehead atoms. The summed E-state index contributed by atoms with van der Waals surface area (Å²) in [6.07, 6.45) is 1.59. The van der Waals surface area contributed by atoms with Crippen LogP contribution in [0.4, 0.5) is 0 Å². The average molecular weight is 374 g/mol. The molecule has 7 nitrogen and oxygen atoms in total. The first-order valence-corrected chi connectivity index (χ1v) is 9.38. The SMILES string of the molecule is COc1cn(-c2ccccc2)nc1C(=O)OC[C@H]1C[NH+](CC(C)C)CCO1. The highest BCUT2D eigenvalue weighted by atomic mass is 16.6. The van der Waals surface area contributed by atoms with Crippen LogP contribution in [0.5, 0.6) is 5.75 Å². The van der Waals surface area contributed by atoms with E-state index in [1.807, 2.05) is 30.3 Å². The largest absolute Gasteiger partial charge is 0.493 e. The van der Waals surface area contributed by atoms with Crippen molar-refractivity contribution in [1.29, 1.82) is 0 Å². The Balaban J connectivity index is 1.62. The first-order chi connectivity index (χ1) is 13.1. The van der Waals surface area contributed by atoms with Gasteiger partial charge in [-0.15, -0.1) is 0 Å². The number of rotatable bonds is 7. The molecule has 0 aliphatic carbocycles. The Morgan fingerprint density at radius 3 is 2.85 bits per heavy atom. The van der Waals surface area contributed by atoms with Crippen LogP contribution in [0, 0.1) is 5.92 Å². The summed E-state index contributed by atoms with van der Waals surface area (Å²) in [5.41, 5.74) is 1.02. The van der Waals surface area contributed by atoms with Crippen molar-refractivity contribution >= 4 is 5.97 Å². The maximum Gasteiger partial charge on any atom is 0.362 e. The van der Waals surface area contributed by atoms with Gasteiger partial charge in [0.25, 0.3) is 0 Å². The summed E-state index contributed by atoms with van der Waals surface area (Å²) in [5.74, 6) is 0.522. The highest BCUT2D eigenvalue weighted by Crippen LogP contribution is 2.20. The van der Waals surface area contributed by atoms with Gasteiger partial charge in [0.15, 0.2) is 5.75 Å². The first kappa shape index (κ1) is 19.4. The Hall–Kier alpha value is -2.38. The third kappa shape index (κ3) is 5.08. The molecule has 2 atom stereocenters. The van der Waals surface area contributed by atoms with E-state index < -0.39 is 5.97 Å². The molecular formula is C20H28N3O4+. The monoisotopic (exact) mass is 374 g/mol. The molecule has 1 aromatic carbocycles. The van der Waals surface area contributed by atoms with Crippen LogP contribution in [0.15, 0.2) is 36.5 Å². The second kappa shape index (κ2) is 9.01. The molecule has 1 aliphatic heterocycles. The fraction of sp³-hybridized carbons (Fsp3) is 0.500. The Morgan fingerprint density at radius 1 is 1.37 bits per heavy atom. The number of morpholine rings is 1. The van der Waals surface area contributed by atoms with E-state index >= 15 is 0 Å². The van der Waals surface area contributed by atoms with Crippen molar-refractivity contribution in [2.24, 2.45) is 5.92 Å². The summed E-state index contributed by atoms with van der Waals surface area (Å²) in [6, 6.07) is 9.56. The van der Waals surface area contributed by atoms with E-state index in [4.69, 9.17) is 14.2 Å². The van der Waals surface area contributed by atoms with Crippen molar-refractivity contribution in [3.8, 4) is 11.4 Å². The number of hydrogen-bond acceptors (Lipinski definition) is 5. The van der Waals surface area contributed by atoms with Crippen LogP contribution in [0.1, 0.15) is 24.3 Å². The van der Waals surface area contributed by atoms with Gasteiger partial charge >= 0.3 is 5.97 Å². The van der Waals surface area contributed by atoms with E-state index in [-0.39, 0.29) is 18.4 Å². The predicted molar refractivity (Wildman–Crippen MR) is 101 cm³/mol. The van der Waals surface area contributed by atoms with Crippen molar-refractivity contribution < 1.29 is 23.9 Å². The van der Waals surface area contributed by atoms with Crippen molar-refractivity contribution in [3.63, 3.8) is 0 Å². The molecule has 27 heavy (non-hydrogen) atoms. The predicted octanol–water partition coefficient (Wildman–Crippen LogP) is 0.977. The van der Waals surface area contributed by atoms with E-state index in [0.29, 0.717) is 18.3 Å². The minimum Gasteiger partial charge on any atom is -0.493 e. The summed E-state index contributed by atoms with van der Waals surface area (Å²) < 4.78 is 18.1. The highest BCUT2D eigenvalue weighted by Gasteiger charge is 2.27. The van der Waals surface area contributed by atoms with Crippen molar-refractivity contribution in [3.05, 3.63) is 42.2 Å². The molecule has 1 unspecified atom stereocenters. The number of methoxy groups -OCH3 is 1. The molecule has 1 aliphatic rings. The van der Waals surface area contributed by atoms with Gasteiger partial charge in [0, 0.05) is 5.92 Å². The molecule has 0 saturated carbocycles. The Bertz CT molecular complexity index is 745. The smallest absolute Gasteiger partial charge is 0.362 e. The Labute approximate surface area is 159 Å². The minimum atomic E-state index is -0.499. The molecule has 146 valence electrons. The summed E-state index contributed by atoms with van der Waals surface area (Å²) >= 11 is 0. The number of benzene rings is 1. The van der Waals surface area contributed by atoms with Gasteiger partial charge in [0.2, 0.25) is 5.69 Å². The van der Waals surface area contributed by atoms with Crippen LogP contribution in [0.2, 0.25) is 0 Å². The number of carbonyl (C=O) groups is 1. The molecule has 1 saturated heterocycles. The van der Waals surface area contributed by atoms with Crippen molar-refractivity contribution in [1.82, 2.24) is 9.78 Å². The Morgan fingerprint density at radius 2 is 2.15 bits per heavy atom. The van der Waals surface area contributed by atoms with Gasteiger partial charge in [0.1, 0.15) is 25.8 Å². The normalized spacial score (nSPS) is 19.9. The molecule has 1 fully saturated rings. The number of aromatic nitrogens is 2. The molecule has 2 aromatic rings. The number of carbonyl (C=O) groups excluding carboxylic acids is 1. The minimum absolute atomic E-state index is 0.0846.